The van der Waals surface area contributed by atoms with Crippen LogP contribution in [0.4, 0.5) is 11.4 Å². The Morgan fingerprint density at radius 3 is 2.32 bits per heavy atom. The Kier molecular flexibility index (Phi) is 9.19. The summed E-state index contributed by atoms with van der Waals surface area (Å²) in [6.45, 7) is 3.80. The summed E-state index contributed by atoms with van der Waals surface area (Å²) in [7, 11) is 2.90. The normalized spacial score (nSPS) is 10.5. The average molecular weight is 522 g/mol. The number of rotatable bonds is 8. The van der Waals surface area contributed by atoms with Crippen LogP contribution in [-0.4, -0.2) is 44.1 Å². The molecule has 1 heterocycles. The maximum absolute atomic E-state index is 12.2. The molecule has 3 aromatic rings. The number of amides is 4. The van der Waals surface area contributed by atoms with E-state index in [4.69, 9.17) is 13.9 Å². The molecule has 0 saturated carbocycles. The summed E-state index contributed by atoms with van der Waals surface area (Å²) in [6.07, 6.45) is 1.18. The molecule has 12 heteroatoms. The molecule has 0 unspecified atom stereocenters. The molecule has 0 saturated heterocycles. The first-order valence-electron chi connectivity index (χ1n) is 11.3. The lowest BCUT2D eigenvalue weighted by molar-refractivity contribution is -0.136. The van der Waals surface area contributed by atoms with Gasteiger partial charge >= 0.3 is 23.6 Å². The van der Waals surface area contributed by atoms with Gasteiger partial charge in [-0.15, -0.1) is 0 Å². The monoisotopic (exact) mass is 521 g/mol. The lowest BCUT2D eigenvalue weighted by Crippen LogP contribution is -2.34. The molecule has 0 fully saturated rings. The number of nitrogens with zero attached hydrogens (tertiary/aromatic N) is 1. The zero-order valence-corrected chi connectivity index (χ0v) is 21.2. The van der Waals surface area contributed by atoms with Crippen molar-refractivity contribution >= 4 is 41.2 Å². The fourth-order valence-electron chi connectivity index (χ4n) is 3.10. The van der Waals surface area contributed by atoms with Crippen LogP contribution in [0.5, 0.6) is 11.5 Å². The van der Waals surface area contributed by atoms with Crippen LogP contribution in [0.25, 0.3) is 0 Å². The van der Waals surface area contributed by atoms with E-state index in [1.807, 2.05) is 19.9 Å². The number of carbonyl (C=O) groups excluding carboxylic acids is 4. The highest BCUT2D eigenvalue weighted by atomic mass is 16.5. The average Bonchev–Trinajstić information content (AvgIpc) is 3.37. The minimum absolute atomic E-state index is 0.0501. The molecule has 0 radical (unpaired) electrons. The molecular weight excluding hydrogens is 494 g/mol. The fraction of sp³-hybridized carbons (Fsp3) is 0.192. The van der Waals surface area contributed by atoms with Crippen molar-refractivity contribution in [1.82, 2.24) is 10.7 Å². The SMILES string of the molecule is COc1ccc(NC(=O)C(=O)N/N=C\c2ccc(CNC(=O)C(=O)Nc3ccc(C)c(C)c3)o2)c(OC)c1. The Hall–Kier alpha value is -5.13. The van der Waals surface area contributed by atoms with E-state index in [0.29, 0.717) is 22.9 Å². The van der Waals surface area contributed by atoms with E-state index in [0.717, 1.165) is 11.1 Å². The highest BCUT2D eigenvalue weighted by Gasteiger charge is 2.17. The van der Waals surface area contributed by atoms with E-state index in [-0.39, 0.29) is 18.0 Å². The predicted molar refractivity (Wildman–Crippen MR) is 139 cm³/mol. The topological polar surface area (TPSA) is 160 Å². The summed E-state index contributed by atoms with van der Waals surface area (Å²) < 4.78 is 15.7. The maximum atomic E-state index is 12.2. The third kappa shape index (κ3) is 7.43. The number of furan rings is 1. The molecule has 12 nitrogen and oxygen atoms in total. The fourth-order valence-corrected chi connectivity index (χ4v) is 3.10. The molecule has 3 rings (SSSR count). The molecule has 38 heavy (non-hydrogen) atoms. The zero-order chi connectivity index (χ0) is 27.7. The van der Waals surface area contributed by atoms with Gasteiger partial charge in [0.15, 0.2) is 0 Å². The van der Waals surface area contributed by atoms with Crippen molar-refractivity contribution in [3.8, 4) is 11.5 Å². The Bertz CT molecular complexity index is 1380. The molecule has 0 bridgehead atoms. The summed E-state index contributed by atoms with van der Waals surface area (Å²) >= 11 is 0. The number of hydrogen-bond donors (Lipinski definition) is 4. The number of anilines is 2. The number of ether oxygens (including phenoxy) is 2. The third-order valence-electron chi connectivity index (χ3n) is 5.30. The number of methoxy groups -OCH3 is 2. The highest BCUT2D eigenvalue weighted by Crippen LogP contribution is 2.28. The van der Waals surface area contributed by atoms with Crippen LogP contribution in [0, 0.1) is 13.8 Å². The first kappa shape index (κ1) is 27.5. The van der Waals surface area contributed by atoms with Crippen molar-refractivity contribution in [2.24, 2.45) is 5.10 Å². The number of benzene rings is 2. The molecule has 4 amide bonds. The molecule has 4 N–H and O–H groups in total. The van der Waals surface area contributed by atoms with Crippen LogP contribution in [0.1, 0.15) is 22.6 Å². The lowest BCUT2D eigenvalue weighted by atomic mass is 10.1. The van der Waals surface area contributed by atoms with Gasteiger partial charge in [-0.25, -0.2) is 5.43 Å². The van der Waals surface area contributed by atoms with Crippen LogP contribution >= 0.6 is 0 Å². The minimum Gasteiger partial charge on any atom is -0.497 e. The van der Waals surface area contributed by atoms with Crippen LogP contribution < -0.4 is 30.8 Å². The molecule has 0 aliphatic heterocycles. The second kappa shape index (κ2) is 12.7. The van der Waals surface area contributed by atoms with Gasteiger partial charge in [-0.05, 0) is 61.4 Å². The molecular formula is C26H27N5O7. The molecule has 0 atom stereocenters. The number of hydrazone groups is 1. The van der Waals surface area contributed by atoms with Gasteiger partial charge in [0, 0.05) is 11.8 Å². The zero-order valence-electron chi connectivity index (χ0n) is 21.2. The smallest absolute Gasteiger partial charge is 0.329 e. The summed E-state index contributed by atoms with van der Waals surface area (Å²) in [5.41, 5.74) is 4.94. The van der Waals surface area contributed by atoms with Crippen molar-refractivity contribution in [3.05, 3.63) is 71.2 Å². The largest absolute Gasteiger partial charge is 0.497 e. The van der Waals surface area contributed by atoms with E-state index < -0.39 is 23.6 Å². The van der Waals surface area contributed by atoms with Crippen molar-refractivity contribution in [2.45, 2.75) is 20.4 Å². The predicted octanol–water partition coefficient (Wildman–Crippen LogP) is 2.26. The van der Waals surface area contributed by atoms with E-state index in [1.54, 1.807) is 30.3 Å². The van der Waals surface area contributed by atoms with Gasteiger partial charge in [-0.1, -0.05) is 6.07 Å². The van der Waals surface area contributed by atoms with Gasteiger partial charge in [0.25, 0.3) is 0 Å². The summed E-state index contributed by atoms with van der Waals surface area (Å²) in [5, 5.41) is 11.1. The number of carbonyl (C=O) groups is 4. The van der Waals surface area contributed by atoms with Crippen LogP contribution in [0.2, 0.25) is 0 Å². The molecule has 0 aliphatic rings. The van der Waals surface area contributed by atoms with E-state index >= 15 is 0 Å². The number of nitrogens with one attached hydrogen (secondary N) is 4. The van der Waals surface area contributed by atoms with Crippen LogP contribution in [0.3, 0.4) is 0 Å². The summed E-state index contributed by atoms with van der Waals surface area (Å²) in [5.74, 6) is -2.21. The lowest BCUT2D eigenvalue weighted by Gasteiger charge is -2.10. The molecule has 2 aromatic carbocycles. The van der Waals surface area contributed by atoms with Gasteiger partial charge in [0.05, 0.1) is 32.7 Å². The standard InChI is InChI=1S/C26H27N5O7/c1-15-5-6-17(11-16(15)2)29-24(33)23(32)27-13-19-7-8-20(38-19)14-28-31-26(35)25(34)30-21-10-9-18(36-3)12-22(21)37-4/h5-12,14H,13H2,1-4H3,(H,27,32)(H,29,33)(H,30,34)(H,31,35)/b28-14-. The molecule has 198 valence electrons. The van der Waals surface area contributed by atoms with E-state index in [2.05, 4.69) is 26.5 Å². The third-order valence-corrected chi connectivity index (χ3v) is 5.30. The first-order valence-corrected chi connectivity index (χ1v) is 11.3. The number of hydrogen-bond acceptors (Lipinski definition) is 8. The van der Waals surface area contributed by atoms with Gasteiger partial charge in [0.2, 0.25) is 0 Å². The van der Waals surface area contributed by atoms with Crippen molar-refractivity contribution in [3.63, 3.8) is 0 Å². The van der Waals surface area contributed by atoms with Crippen molar-refractivity contribution in [1.29, 1.82) is 0 Å². The summed E-state index contributed by atoms with van der Waals surface area (Å²) in [4.78, 5) is 48.4. The van der Waals surface area contributed by atoms with Gasteiger partial charge in [-0.3, -0.25) is 19.2 Å². The Morgan fingerprint density at radius 2 is 1.61 bits per heavy atom. The minimum atomic E-state index is -1.02. The van der Waals surface area contributed by atoms with Crippen molar-refractivity contribution < 1.29 is 33.1 Å². The molecule has 0 spiro atoms. The van der Waals surface area contributed by atoms with E-state index in [9.17, 15) is 19.2 Å². The molecule has 1 aromatic heterocycles. The number of aryl methyl sites for hydroxylation is 2. The van der Waals surface area contributed by atoms with E-state index in [1.165, 1.54) is 32.6 Å². The van der Waals surface area contributed by atoms with Gasteiger partial charge < -0.3 is 29.8 Å². The van der Waals surface area contributed by atoms with Gasteiger partial charge in [-0.2, -0.15) is 5.10 Å². The Balaban J connectivity index is 1.46. The summed E-state index contributed by atoms with van der Waals surface area (Å²) in [6, 6.07) is 13.1. The highest BCUT2D eigenvalue weighted by molar-refractivity contribution is 6.40. The second-order valence-corrected chi connectivity index (χ2v) is 7.96. The Labute approximate surface area is 218 Å². The van der Waals surface area contributed by atoms with Crippen molar-refractivity contribution in [2.75, 3.05) is 24.9 Å². The quantitative estimate of drug-likeness (QED) is 0.201. The van der Waals surface area contributed by atoms with Gasteiger partial charge in [0.1, 0.15) is 23.0 Å². The Morgan fingerprint density at radius 1 is 0.842 bits per heavy atom. The second-order valence-electron chi connectivity index (χ2n) is 7.96. The van der Waals surface area contributed by atoms with Crippen LogP contribution in [-0.2, 0) is 25.7 Å². The van der Waals surface area contributed by atoms with Crippen LogP contribution in [0.15, 0.2) is 58.0 Å². The first-order chi connectivity index (χ1) is 18.2. The molecule has 0 aliphatic carbocycles. The maximum Gasteiger partial charge on any atom is 0.329 e.